The van der Waals surface area contributed by atoms with Crippen LogP contribution in [-0.4, -0.2) is 59.2 Å². The fourth-order valence-corrected chi connectivity index (χ4v) is 5.13. The molecule has 0 N–H and O–H groups in total. The number of halogens is 1. The maximum absolute atomic E-state index is 13.5. The van der Waals surface area contributed by atoms with Gasteiger partial charge in [-0.1, -0.05) is 17.7 Å². The van der Waals surface area contributed by atoms with Crippen LogP contribution in [0.5, 0.6) is 5.75 Å². The van der Waals surface area contributed by atoms with E-state index in [4.69, 9.17) is 9.47 Å². The zero-order chi connectivity index (χ0) is 21.0. The summed E-state index contributed by atoms with van der Waals surface area (Å²) in [4.78, 5) is 14.5. The molecule has 0 bridgehead atoms. The third kappa shape index (κ3) is 4.91. The molecular weight excluding hydrogens is 460 g/mol. The molecule has 2 aromatic carbocycles. The molecular formula is C20H23BrN2O5S. The molecule has 0 unspecified atom stereocenters. The van der Waals surface area contributed by atoms with Crippen LogP contribution in [0.25, 0.3) is 0 Å². The predicted molar refractivity (Wildman–Crippen MR) is 114 cm³/mol. The van der Waals surface area contributed by atoms with E-state index in [2.05, 4.69) is 15.9 Å². The van der Waals surface area contributed by atoms with E-state index in [-0.39, 0.29) is 17.3 Å². The molecule has 1 fully saturated rings. The number of nitrogens with zero attached hydrogens (tertiary/aromatic N) is 2. The van der Waals surface area contributed by atoms with Crippen LogP contribution < -0.4 is 9.04 Å². The summed E-state index contributed by atoms with van der Waals surface area (Å²) in [5.41, 5.74) is 1.43. The number of carbonyl (C=O) groups excluding carboxylic acids is 1. The monoisotopic (exact) mass is 482 g/mol. The third-order valence-electron chi connectivity index (χ3n) is 4.68. The van der Waals surface area contributed by atoms with Crippen molar-refractivity contribution in [3.05, 3.63) is 52.5 Å². The average Bonchev–Trinajstić information content (AvgIpc) is 2.73. The van der Waals surface area contributed by atoms with Crippen molar-refractivity contribution in [1.82, 2.24) is 4.90 Å². The van der Waals surface area contributed by atoms with E-state index in [0.29, 0.717) is 42.2 Å². The van der Waals surface area contributed by atoms with Gasteiger partial charge < -0.3 is 14.4 Å². The number of hydrogen-bond donors (Lipinski definition) is 0. The van der Waals surface area contributed by atoms with Crippen LogP contribution in [0.4, 0.5) is 5.69 Å². The number of benzene rings is 2. The van der Waals surface area contributed by atoms with Crippen molar-refractivity contribution < 1.29 is 22.7 Å². The number of sulfonamides is 1. The normalized spacial score (nSPS) is 14.5. The summed E-state index contributed by atoms with van der Waals surface area (Å²) >= 11 is 3.33. The molecule has 0 saturated carbocycles. The van der Waals surface area contributed by atoms with Gasteiger partial charge in [-0.15, -0.1) is 0 Å². The first kappa shape index (κ1) is 21.6. The molecule has 7 nitrogen and oxygen atoms in total. The number of morpholine rings is 1. The molecule has 0 radical (unpaired) electrons. The Morgan fingerprint density at radius 3 is 2.41 bits per heavy atom. The van der Waals surface area contributed by atoms with Crippen molar-refractivity contribution in [2.45, 2.75) is 11.8 Å². The second-order valence-corrected chi connectivity index (χ2v) is 9.35. The maximum Gasteiger partial charge on any atom is 0.264 e. The molecule has 0 spiro atoms. The smallest absolute Gasteiger partial charge is 0.264 e. The molecule has 1 saturated heterocycles. The number of hydrogen-bond acceptors (Lipinski definition) is 5. The summed E-state index contributed by atoms with van der Waals surface area (Å²) in [6.07, 6.45) is 0. The summed E-state index contributed by atoms with van der Waals surface area (Å²) in [6.45, 7) is 3.45. The summed E-state index contributed by atoms with van der Waals surface area (Å²) in [5, 5.41) is 0. The fourth-order valence-electron chi connectivity index (χ4n) is 3.00. The second kappa shape index (κ2) is 9.15. The highest BCUT2D eigenvalue weighted by Crippen LogP contribution is 2.31. The molecule has 156 valence electrons. The van der Waals surface area contributed by atoms with E-state index in [0.717, 1.165) is 9.87 Å². The van der Waals surface area contributed by atoms with E-state index in [9.17, 15) is 13.2 Å². The van der Waals surface area contributed by atoms with Crippen LogP contribution in [0.2, 0.25) is 0 Å². The van der Waals surface area contributed by atoms with E-state index >= 15 is 0 Å². The van der Waals surface area contributed by atoms with E-state index < -0.39 is 10.0 Å². The van der Waals surface area contributed by atoms with Gasteiger partial charge in [0, 0.05) is 13.1 Å². The first-order valence-electron chi connectivity index (χ1n) is 9.11. The maximum atomic E-state index is 13.5. The van der Waals surface area contributed by atoms with Crippen LogP contribution in [0.3, 0.4) is 0 Å². The zero-order valence-electron chi connectivity index (χ0n) is 16.3. The van der Waals surface area contributed by atoms with Gasteiger partial charge in [-0.25, -0.2) is 8.42 Å². The van der Waals surface area contributed by atoms with Crippen molar-refractivity contribution in [2.75, 3.05) is 44.3 Å². The van der Waals surface area contributed by atoms with Crippen molar-refractivity contribution in [2.24, 2.45) is 0 Å². The van der Waals surface area contributed by atoms with Gasteiger partial charge in [0.25, 0.3) is 10.0 Å². The number of ether oxygens (including phenoxy) is 2. The standard InChI is InChI=1S/C20H23BrN2O5S/c1-15-3-5-16(6-4-15)23(14-20(24)22-9-11-28-12-10-22)29(25,26)17-7-8-19(27-2)18(21)13-17/h3-8,13H,9-12,14H2,1-2H3. The van der Waals surface area contributed by atoms with Crippen LogP contribution >= 0.6 is 15.9 Å². The van der Waals surface area contributed by atoms with Gasteiger partial charge in [-0.3, -0.25) is 9.10 Å². The number of methoxy groups -OCH3 is 1. The van der Waals surface area contributed by atoms with Crippen molar-refractivity contribution >= 4 is 37.5 Å². The Morgan fingerprint density at radius 1 is 1.17 bits per heavy atom. The molecule has 1 heterocycles. The Kier molecular flexibility index (Phi) is 6.81. The van der Waals surface area contributed by atoms with E-state index in [1.165, 1.54) is 19.2 Å². The lowest BCUT2D eigenvalue weighted by Gasteiger charge is -2.30. The Labute approximate surface area is 179 Å². The van der Waals surface area contributed by atoms with Crippen LogP contribution in [0.1, 0.15) is 5.56 Å². The van der Waals surface area contributed by atoms with E-state index in [1.54, 1.807) is 23.1 Å². The molecule has 1 aliphatic rings. The zero-order valence-corrected chi connectivity index (χ0v) is 18.7. The Morgan fingerprint density at radius 2 is 1.83 bits per heavy atom. The highest BCUT2D eigenvalue weighted by atomic mass is 79.9. The van der Waals surface area contributed by atoms with Crippen LogP contribution in [-0.2, 0) is 19.6 Å². The van der Waals surface area contributed by atoms with Gasteiger partial charge in [0.05, 0.1) is 35.4 Å². The van der Waals surface area contributed by atoms with Gasteiger partial charge >= 0.3 is 0 Å². The minimum atomic E-state index is -3.98. The van der Waals surface area contributed by atoms with Crippen LogP contribution in [0, 0.1) is 6.92 Å². The fraction of sp³-hybridized carbons (Fsp3) is 0.350. The van der Waals surface area contributed by atoms with Gasteiger partial charge in [0.1, 0.15) is 12.3 Å². The second-order valence-electron chi connectivity index (χ2n) is 6.64. The molecule has 0 aliphatic carbocycles. The summed E-state index contributed by atoms with van der Waals surface area (Å²) in [7, 11) is -2.47. The quantitative estimate of drug-likeness (QED) is 0.632. The average molecular weight is 483 g/mol. The van der Waals surface area contributed by atoms with Crippen LogP contribution in [0.15, 0.2) is 51.8 Å². The largest absolute Gasteiger partial charge is 0.496 e. The van der Waals surface area contributed by atoms with Crippen molar-refractivity contribution in [3.63, 3.8) is 0 Å². The lowest BCUT2D eigenvalue weighted by Crippen LogP contribution is -2.47. The van der Waals surface area contributed by atoms with Crippen molar-refractivity contribution in [3.8, 4) is 5.75 Å². The minimum absolute atomic E-state index is 0.0699. The molecule has 3 rings (SSSR count). The van der Waals surface area contributed by atoms with E-state index in [1.807, 2.05) is 19.1 Å². The Bertz CT molecular complexity index is 973. The Balaban J connectivity index is 1.98. The highest BCUT2D eigenvalue weighted by molar-refractivity contribution is 9.10. The first-order chi connectivity index (χ1) is 13.8. The molecule has 9 heteroatoms. The van der Waals surface area contributed by atoms with Gasteiger partial charge in [-0.2, -0.15) is 0 Å². The van der Waals surface area contributed by atoms with Crippen molar-refractivity contribution in [1.29, 1.82) is 0 Å². The highest BCUT2D eigenvalue weighted by Gasteiger charge is 2.30. The molecule has 1 aliphatic heterocycles. The molecule has 1 amide bonds. The molecule has 2 aromatic rings. The number of aryl methyl sites for hydroxylation is 1. The number of anilines is 1. The topological polar surface area (TPSA) is 76.2 Å². The number of rotatable bonds is 6. The van der Waals surface area contributed by atoms with Gasteiger partial charge in [-0.05, 0) is 53.2 Å². The van der Waals surface area contributed by atoms with Gasteiger partial charge in [0.2, 0.25) is 5.91 Å². The first-order valence-corrected chi connectivity index (χ1v) is 11.3. The summed E-state index contributed by atoms with van der Waals surface area (Å²) in [5.74, 6) is 0.264. The predicted octanol–water partition coefficient (Wildman–Crippen LogP) is 2.82. The minimum Gasteiger partial charge on any atom is -0.496 e. The van der Waals surface area contributed by atoms with Gasteiger partial charge in [0.15, 0.2) is 0 Å². The lowest BCUT2D eigenvalue weighted by atomic mass is 10.2. The summed E-state index contributed by atoms with van der Waals surface area (Å²) in [6, 6.07) is 11.6. The number of carbonyl (C=O) groups is 1. The Hall–Kier alpha value is -2.10. The molecule has 0 atom stereocenters. The third-order valence-corrected chi connectivity index (χ3v) is 7.07. The lowest BCUT2D eigenvalue weighted by molar-refractivity contribution is -0.133. The SMILES string of the molecule is COc1ccc(S(=O)(=O)N(CC(=O)N2CCOCC2)c2ccc(C)cc2)cc1Br. The summed E-state index contributed by atoms with van der Waals surface area (Å²) < 4.78 is 39.1. The molecule has 29 heavy (non-hydrogen) atoms. The molecule has 0 aromatic heterocycles. The number of amides is 1.